The van der Waals surface area contributed by atoms with Gasteiger partial charge in [0.05, 0.1) is 28.2 Å². The van der Waals surface area contributed by atoms with Crippen LogP contribution in [-0.4, -0.2) is 21.5 Å². The van der Waals surface area contributed by atoms with Gasteiger partial charge in [-0.15, -0.1) is 0 Å². The smallest absolute Gasteiger partial charge is 0.417 e. The second kappa shape index (κ2) is 6.93. The Bertz CT molecular complexity index is 913. The lowest BCUT2D eigenvalue weighted by molar-refractivity contribution is -0.139. The summed E-state index contributed by atoms with van der Waals surface area (Å²) in [5, 5.41) is 0.00508. The fourth-order valence-electron chi connectivity index (χ4n) is 2.00. The zero-order chi connectivity index (χ0) is 18.8. The molecule has 0 aliphatic heterocycles. The van der Waals surface area contributed by atoms with E-state index in [1.165, 1.54) is 18.2 Å². The van der Waals surface area contributed by atoms with Gasteiger partial charge in [-0.25, -0.2) is 13.2 Å². The number of esters is 1. The van der Waals surface area contributed by atoms with Gasteiger partial charge < -0.3 is 4.74 Å². The van der Waals surface area contributed by atoms with Crippen molar-refractivity contribution in [3.63, 3.8) is 0 Å². The molecule has 1 N–H and O–H groups in total. The Morgan fingerprint density at radius 2 is 1.80 bits per heavy atom. The fourth-order valence-corrected chi connectivity index (χ4v) is 3.47. The summed E-state index contributed by atoms with van der Waals surface area (Å²) in [6, 6.07) is 7.26. The van der Waals surface area contributed by atoms with Crippen molar-refractivity contribution < 1.29 is 31.1 Å². The molecule has 2 rings (SSSR count). The van der Waals surface area contributed by atoms with Gasteiger partial charge in [0.25, 0.3) is 10.0 Å². The maximum Gasteiger partial charge on any atom is 0.417 e. The molecule has 0 saturated carbocycles. The third-order valence-electron chi connectivity index (χ3n) is 3.11. The first kappa shape index (κ1) is 19.1. The number of ether oxygens (including phenoxy) is 1. The van der Waals surface area contributed by atoms with E-state index in [9.17, 15) is 26.4 Å². The van der Waals surface area contributed by atoms with Gasteiger partial charge >= 0.3 is 12.1 Å². The molecule has 0 fully saturated rings. The van der Waals surface area contributed by atoms with Crippen molar-refractivity contribution in [2.45, 2.75) is 11.1 Å². The zero-order valence-corrected chi connectivity index (χ0v) is 14.2. The molecular weight excluding hydrogens is 383 g/mol. The van der Waals surface area contributed by atoms with E-state index >= 15 is 0 Å². The van der Waals surface area contributed by atoms with E-state index in [1.807, 2.05) is 4.72 Å². The number of rotatable bonds is 4. The molecule has 0 amide bonds. The Kier molecular flexibility index (Phi) is 5.28. The molecule has 0 heterocycles. The highest BCUT2D eigenvalue weighted by molar-refractivity contribution is 7.92. The minimum atomic E-state index is -4.84. The number of nitrogens with one attached hydrogen (secondary N) is 1. The molecule has 5 nitrogen and oxygen atoms in total. The molecule has 2 aromatic carbocycles. The maximum atomic E-state index is 13.0. The molecule has 0 bridgehead atoms. The number of anilines is 1. The predicted molar refractivity (Wildman–Crippen MR) is 85.0 cm³/mol. The Morgan fingerprint density at radius 1 is 1.16 bits per heavy atom. The van der Waals surface area contributed by atoms with Crippen LogP contribution in [0.15, 0.2) is 47.4 Å². The van der Waals surface area contributed by atoms with Gasteiger partial charge in [-0.1, -0.05) is 23.7 Å². The standard InChI is InChI=1S/C15H11ClF3NO4S/c1-24-14(21)10-8-9(6-7-12(10)16)20-25(22,23)13-5-3-2-4-11(13)15(17,18)19/h2-8,20H,1H3. The quantitative estimate of drug-likeness (QED) is 0.798. The molecular formula is C15H11ClF3NO4S. The predicted octanol–water partition coefficient (Wildman–Crippen LogP) is 3.95. The van der Waals surface area contributed by atoms with Crippen LogP contribution in [-0.2, 0) is 20.9 Å². The maximum absolute atomic E-state index is 13.0. The summed E-state index contributed by atoms with van der Waals surface area (Å²) in [6.07, 6.45) is -4.84. The lowest BCUT2D eigenvalue weighted by atomic mass is 10.2. The number of halogens is 4. The summed E-state index contributed by atoms with van der Waals surface area (Å²) in [5.41, 5.74) is -1.57. The van der Waals surface area contributed by atoms with E-state index in [-0.39, 0.29) is 16.3 Å². The van der Waals surface area contributed by atoms with Crippen molar-refractivity contribution in [3.05, 3.63) is 58.6 Å². The molecule has 0 radical (unpaired) electrons. The first-order valence-electron chi connectivity index (χ1n) is 6.63. The second-order valence-corrected chi connectivity index (χ2v) is 6.84. The van der Waals surface area contributed by atoms with Crippen molar-refractivity contribution in [2.24, 2.45) is 0 Å². The largest absolute Gasteiger partial charge is 0.465 e. The summed E-state index contributed by atoms with van der Waals surface area (Å²) in [4.78, 5) is 10.6. The van der Waals surface area contributed by atoms with E-state index < -0.39 is 32.6 Å². The van der Waals surface area contributed by atoms with Gasteiger partial charge in [-0.3, -0.25) is 4.72 Å². The number of hydrogen-bond acceptors (Lipinski definition) is 4. The number of hydrogen-bond donors (Lipinski definition) is 1. The first-order chi connectivity index (χ1) is 11.6. The van der Waals surface area contributed by atoms with Crippen molar-refractivity contribution >= 4 is 33.3 Å². The van der Waals surface area contributed by atoms with Crippen LogP contribution in [0.4, 0.5) is 18.9 Å². The Labute approximate surface area is 146 Å². The lowest BCUT2D eigenvalue weighted by Gasteiger charge is -2.14. The van der Waals surface area contributed by atoms with Crippen LogP contribution in [0.3, 0.4) is 0 Å². The Hall–Kier alpha value is -2.26. The molecule has 0 aliphatic carbocycles. The lowest BCUT2D eigenvalue weighted by Crippen LogP contribution is -2.19. The number of carbonyl (C=O) groups excluding carboxylic acids is 1. The molecule has 0 aromatic heterocycles. The summed E-state index contributed by atoms with van der Waals surface area (Å²) in [6.45, 7) is 0. The van der Waals surface area contributed by atoms with Crippen molar-refractivity contribution in [1.82, 2.24) is 0 Å². The minimum Gasteiger partial charge on any atom is -0.465 e. The highest BCUT2D eigenvalue weighted by Crippen LogP contribution is 2.34. The van der Waals surface area contributed by atoms with Gasteiger partial charge in [0, 0.05) is 5.69 Å². The third kappa shape index (κ3) is 4.23. The molecule has 0 atom stereocenters. The van der Waals surface area contributed by atoms with Crippen molar-refractivity contribution in [1.29, 1.82) is 0 Å². The summed E-state index contributed by atoms with van der Waals surface area (Å²) < 4.78 is 70.2. The number of methoxy groups -OCH3 is 1. The summed E-state index contributed by atoms with van der Waals surface area (Å²) >= 11 is 5.82. The topological polar surface area (TPSA) is 72.5 Å². The molecule has 0 aliphatic rings. The van der Waals surface area contributed by atoms with Crippen LogP contribution in [0.2, 0.25) is 5.02 Å². The molecule has 134 valence electrons. The van der Waals surface area contributed by atoms with E-state index in [1.54, 1.807) is 0 Å². The molecule has 2 aromatic rings. The van der Waals surface area contributed by atoms with Crippen LogP contribution in [0.25, 0.3) is 0 Å². The van der Waals surface area contributed by atoms with Crippen LogP contribution in [0.5, 0.6) is 0 Å². The van der Waals surface area contributed by atoms with E-state index in [0.29, 0.717) is 6.07 Å². The third-order valence-corrected chi connectivity index (χ3v) is 4.87. The normalized spacial score (nSPS) is 11.9. The number of benzene rings is 2. The van der Waals surface area contributed by atoms with Crippen LogP contribution >= 0.6 is 11.6 Å². The highest BCUT2D eigenvalue weighted by Gasteiger charge is 2.36. The van der Waals surface area contributed by atoms with Crippen molar-refractivity contribution in [3.8, 4) is 0 Å². The van der Waals surface area contributed by atoms with Gasteiger partial charge in [-0.05, 0) is 30.3 Å². The number of sulfonamides is 1. The highest BCUT2D eigenvalue weighted by atomic mass is 35.5. The van der Waals surface area contributed by atoms with Crippen LogP contribution < -0.4 is 4.72 Å². The summed E-state index contributed by atoms with van der Waals surface area (Å²) in [5.74, 6) is -0.818. The average Bonchev–Trinajstić information content (AvgIpc) is 2.55. The molecule has 0 saturated heterocycles. The van der Waals surface area contributed by atoms with Crippen molar-refractivity contribution in [2.75, 3.05) is 11.8 Å². The van der Waals surface area contributed by atoms with Gasteiger partial charge in [0.15, 0.2) is 0 Å². The molecule has 10 heteroatoms. The zero-order valence-electron chi connectivity index (χ0n) is 12.6. The van der Waals surface area contributed by atoms with E-state index in [2.05, 4.69) is 4.74 Å². The van der Waals surface area contributed by atoms with Gasteiger partial charge in [-0.2, -0.15) is 13.2 Å². The van der Waals surface area contributed by atoms with Gasteiger partial charge in [0.1, 0.15) is 0 Å². The fraction of sp³-hybridized carbons (Fsp3) is 0.133. The monoisotopic (exact) mass is 393 g/mol. The average molecular weight is 394 g/mol. The Morgan fingerprint density at radius 3 is 2.40 bits per heavy atom. The first-order valence-corrected chi connectivity index (χ1v) is 8.49. The molecule has 0 unspecified atom stereocenters. The molecule has 0 spiro atoms. The SMILES string of the molecule is COC(=O)c1cc(NS(=O)(=O)c2ccccc2C(F)(F)F)ccc1Cl. The van der Waals surface area contributed by atoms with Crippen LogP contribution in [0.1, 0.15) is 15.9 Å². The van der Waals surface area contributed by atoms with Crippen LogP contribution in [0, 0.1) is 0 Å². The van der Waals surface area contributed by atoms with E-state index in [4.69, 9.17) is 11.6 Å². The van der Waals surface area contributed by atoms with E-state index in [0.717, 1.165) is 25.3 Å². The number of alkyl halides is 3. The second-order valence-electron chi connectivity index (χ2n) is 4.79. The Balaban J connectivity index is 2.46. The molecule has 25 heavy (non-hydrogen) atoms. The summed E-state index contributed by atoms with van der Waals surface area (Å²) in [7, 11) is -3.45. The minimum absolute atomic E-state index is 0.00508. The number of carbonyl (C=O) groups is 1. The van der Waals surface area contributed by atoms with Gasteiger partial charge in [0.2, 0.25) is 0 Å².